The average Bonchev–Trinajstić information content (AvgIpc) is 3.19. The van der Waals surface area contributed by atoms with Crippen molar-refractivity contribution in [3.8, 4) is 0 Å². The van der Waals surface area contributed by atoms with Crippen molar-refractivity contribution >= 4 is 29.4 Å². The van der Waals surface area contributed by atoms with Crippen LogP contribution in [0.25, 0.3) is 0 Å². The topological polar surface area (TPSA) is 120 Å². The monoisotopic (exact) mass is 558 g/mol. The molecular weight excluding hydrogens is 520 g/mol. The Morgan fingerprint density at radius 2 is 1.82 bits per heavy atom. The predicted molar refractivity (Wildman–Crippen MR) is 150 cm³/mol. The number of carbonyl (C=O) groups excluding carboxylic acids is 2. The van der Waals surface area contributed by atoms with E-state index in [4.69, 9.17) is 16.3 Å². The minimum atomic E-state index is -0.555. The minimum Gasteiger partial charge on any atom is -0.444 e. The first-order valence-corrected chi connectivity index (χ1v) is 13.9. The molecule has 11 heteroatoms. The molecule has 1 aromatic heterocycles. The number of amides is 2. The number of hydrogen-bond donors (Lipinski definition) is 3. The van der Waals surface area contributed by atoms with Gasteiger partial charge in [0, 0.05) is 56.4 Å². The number of nitrogens with zero attached hydrogens (tertiary/aromatic N) is 4. The summed E-state index contributed by atoms with van der Waals surface area (Å²) >= 11 is 6.10. The predicted octanol–water partition coefficient (Wildman–Crippen LogP) is 3.22. The van der Waals surface area contributed by atoms with Crippen LogP contribution in [0, 0.1) is 0 Å². The van der Waals surface area contributed by atoms with Crippen LogP contribution in [-0.2, 0) is 9.53 Å². The Morgan fingerprint density at radius 3 is 2.49 bits per heavy atom. The molecule has 1 aliphatic carbocycles. The minimum absolute atomic E-state index is 0.0429. The molecule has 3 N–H and O–H groups in total. The summed E-state index contributed by atoms with van der Waals surface area (Å²) in [6, 6.07) is 7.37. The molecule has 1 fully saturated rings. The van der Waals surface area contributed by atoms with Crippen molar-refractivity contribution < 1.29 is 19.4 Å². The largest absolute Gasteiger partial charge is 0.444 e. The highest BCUT2D eigenvalue weighted by molar-refractivity contribution is 6.30. The molecule has 1 saturated heterocycles. The zero-order chi connectivity index (χ0) is 28.2. The first-order valence-electron chi connectivity index (χ1n) is 13.5. The van der Waals surface area contributed by atoms with Crippen LogP contribution in [0.15, 0.2) is 30.6 Å². The number of piperazine rings is 1. The number of hydrogen-bond acceptors (Lipinski definition) is 8. The van der Waals surface area contributed by atoms with E-state index in [0.717, 1.165) is 22.6 Å². The molecule has 39 heavy (non-hydrogen) atoms. The number of fused-ring (bicyclic) bond motifs is 1. The van der Waals surface area contributed by atoms with Crippen molar-refractivity contribution in [2.24, 2.45) is 0 Å². The fraction of sp³-hybridized carbons (Fsp3) is 0.571. The van der Waals surface area contributed by atoms with Gasteiger partial charge >= 0.3 is 6.09 Å². The highest BCUT2D eigenvalue weighted by Gasteiger charge is 2.35. The number of rotatable bonds is 8. The number of ether oxygens (including phenoxy) is 1. The number of anilines is 1. The van der Waals surface area contributed by atoms with Gasteiger partial charge in [-0.05, 0) is 50.8 Å². The third-order valence-electron chi connectivity index (χ3n) is 7.06. The number of carbonyl (C=O) groups is 2. The maximum atomic E-state index is 13.7. The highest BCUT2D eigenvalue weighted by Crippen LogP contribution is 2.42. The van der Waals surface area contributed by atoms with Crippen LogP contribution in [0.1, 0.15) is 68.9 Å². The van der Waals surface area contributed by atoms with Crippen molar-refractivity contribution in [2.45, 2.75) is 57.7 Å². The molecular formula is C28H39ClN6O4. The van der Waals surface area contributed by atoms with Crippen LogP contribution in [-0.4, -0.2) is 83.4 Å². The van der Waals surface area contributed by atoms with Crippen LogP contribution in [0.3, 0.4) is 0 Å². The van der Waals surface area contributed by atoms with Gasteiger partial charge < -0.3 is 30.3 Å². The third-order valence-corrected chi connectivity index (χ3v) is 7.31. The van der Waals surface area contributed by atoms with Crippen molar-refractivity contribution in [3.05, 3.63) is 52.4 Å². The summed E-state index contributed by atoms with van der Waals surface area (Å²) in [7, 11) is 0. The number of nitrogens with one attached hydrogen (secondary N) is 2. The van der Waals surface area contributed by atoms with Crippen LogP contribution in [0.5, 0.6) is 0 Å². The molecule has 1 aromatic carbocycles. The van der Waals surface area contributed by atoms with Gasteiger partial charge in [-0.15, -0.1) is 0 Å². The molecule has 2 aromatic rings. The normalized spacial score (nSPS) is 19.9. The first-order chi connectivity index (χ1) is 18.5. The summed E-state index contributed by atoms with van der Waals surface area (Å²) < 4.78 is 5.26. The van der Waals surface area contributed by atoms with Crippen LogP contribution in [0.4, 0.5) is 10.6 Å². The van der Waals surface area contributed by atoms with Gasteiger partial charge in [0.2, 0.25) is 5.91 Å². The maximum absolute atomic E-state index is 13.7. The summed E-state index contributed by atoms with van der Waals surface area (Å²) in [6.07, 6.45) is 1.16. The van der Waals surface area contributed by atoms with Gasteiger partial charge in [-0.1, -0.05) is 30.7 Å². The summed E-state index contributed by atoms with van der Waals surface area (Å²) in [5.41, 5.74) is 2.07. The summed E-state index contributed by atoms with van der Waals surface area (Å²) in [5.74, 6) is 0.704. The number of benzene rings is 1. The van der Waals surface area contributed by atoms with E-state index >= 15 is 0 Å². The Bertz CT molecular complexity index is 1150. The fourth-order valence-corrected chi connectivity index (χ4v) is 5.30. The van der Waals surface area contributed by atoms with Gasteiger partial charge in [0.1, 0.15) is 17.7 Å². The quantitative estimate of drug-likeness (QED) is 0.422. The molecule has 2 heterocycles. The van der Waals surface area contributed by atoms with Crippen molar-refractivity contribution in [3.63, 3.8) is 0 Å². The second-order valence-electron chi connectivity index (χ2n) is 11.2. The first kappa shape index (κ1) is 29.0. The van der Waals surface area contributed by atoms with Gasteiger partial charge in [-0.3, -0.25) is 4.79 Å². The van der Waals surface area contributed by atoms with E-state index in [1.165, 1.54) is 6.33 Å². The van der Waals surface area contributed by atoms with E-state index < -0.39 is 23.7 Å². The lowest BCUT2D eigenvalue weighted by Gasteiger charge is -2.38. The molecule has 1 aliphatic heterocycles. The molecule has 0 bridgehead atoms. The molecule has 1 unspecified atom stereocenters. The summed E-state index contributed by atoms with van der Waals surface area (Å²) in [4.78, 5) is 38.6. The molecule has 0 saturated carbocycles. The number of aliphatic hydroxyl groups is 1. The Morgan fingerprint density at radius 1 is 1.13 bits per heavy atom. The standard InChI is InChI=1S/C28H39ClN6O4/c1-18-15-22(36)24-23(18)25(33-17-32-24)34-11-13-35(14-12-34)26(37)21(19-5-7-20(29)8-6-19)16-30-9-10-31-27(38)39-28(2,3)4/h5-8,17-18,21-22,30,36H,9-16H2,1-4H3,(H,31,38)/t18-,21-,22?/m1/s1. The van der Waals surface area contributed by atoms with E-state index in [2.05, 4.69) is 32.4 Å². The molecule has 4 rings (SSSR count). The van der Waals surface area contributed by atoms with Gasteiger partial charge in [-0.2, -0.15) is 0 Å². The lowest BCUT2D eigenvalue weighted by molar-refractivity contribution is -0.133. The van der Waals surface area contributed by atoms with Gasteiger partial charge in [0.25, 0.3) is 0 Å². The van der Waals surface area contributed by atoms with Crippen LogP contribution in [0.2, 0.25) is 5.02 Å². The van der Waals surface area contributed by atoms with E-state index in [-0.39, 0.29) is 11.8 Å². The number of aromatic nitrogens is 2. The van der Waals surface area contributed by atoms with Gasteiger partial charge in [0.15, 0.2) is 0 Å². The summed E-state index contributed by atoms with van der Waals surface area (Å²) in [6.45, 7) is 11.3. The van der Waals surface area contributed by atoms with Crippen LogP contribution >= 0.6 is 11.6 Å². The zero-order valence-corrected chi connectivity index (χ0v) is 23.9. The van der Waals surface area contributed by atoms with Crippen LogP contribution < -0.4 is 15.5 Å². The number of halogens is 1. The van der Waals surface area contributed by atoms with Gasteiger partial charge in [-0.25, -0.2) is 14.8 Å². The molecule has 0 radical (unpaired) electrons. The molecule has 3 atom stereocenters. The van der Waals surface area contributed by atoms with E-state index in [9.17, 15) is 14.7 Å². The van der Waals surface area contributed by atoms with Crippen molar-refractivity contribution in [1.29, 1.82) is 0 Å². The Hall–Kier alpha value is -2.95. The lowest BCUT2D eigenvalue weighted by Crippen LogP contribution is -2.51. The Balaban J connectivity index is 1.36. The third kappa shape index (κ3) is 7.38. The van der Waals surface area contributed by atoms with Crippen molar-refractivity contribution in [1.82, 2.24) is 25.5 Å². The molecule has 10 nitrogen and oxygen atoms in total. The summed E-state index contributed by atoms with van der Waals surface area (Å²) in [5, 5.41) is 17.0. The number of aliphatic hydroxyl groups excluding tert-OH is 1. The van der Waals surface area contributed by atoms with Gasteiger partial charge in [0.05, 0.1) is 17.7 Å². The van der Waals surface area contributed by atoms with Crippen molar-refractivity contribution in [2.75, 3.05) is 50.7 Å². The maximum Gasteiger partial charge on any atom is 0.407 e. The number of alkyl carbamates (subject to hydrolysis) is 1. The fourth-order valence-electron chi connectivity index (χ4n) is 5.17. The Kier molecular flexibility index (Phi) is 9.30. The molecule has 0 spiro atoms. The SMILES string of the molecule is C[C@@H]1CC(O)c2ncnc(N3CCN(C(=O)[C@H](CNCCNC(=O)OC(C)(C)C)c4ccc(Cl)cc4)CC3)c21. The molecule has 212 valence electrons. The second-order valence-corrected chi connectivity index (χ2v) is 11.6. The highest BCUT2D eigenvalue weighted by atomic mass is 35.5. The second kappa shape index (κ2) is 12.5. The average molecular weight is 559 g/mol. The smallest absolute Gasteiger partial charge is 0.407 e. The Labute approximate surface area is 235 Å². The zero-order valence-electron chi connectivity index (χ0n) is 23.1. The van der Waals surface area contributed by atoms with E-state index in [0.29, 0.717) is 57.3 Å². The van der Waals surface area contributed by atoms with E-state index in [1.54, 1.807) is 12.1 Å². The van der Waals surface area contributed by atoms with E-state index in [1.807, 2.05) is 37.8 Å². The molecule has 2 amide bonds. The lowest BCUT2D eigenvalue weighted by atomic mass is 9.97. The molecule has 2 aliphatic rings.